The number of hydrogen-bond acceptors (Lipinski definition) is 3. The monoisotopic (exact) mass is 293 g/mol. The Morgan fingerprint density at radius 2 is 2.10 bits per heavy atom. The molecule has 2 aliphatic rings. The minimum absolute atomic E-state index is 0.690. The molecular formula is C16H24ClN3. The average Bonchev–Trinajstić information content (AvgIpc) is 3.32. The van der Waals surface area contributed by atoms with Gasteiger partial charge in [0.15, 0.2) is 0 Å². The Morgan fingerprint density at radius 1 is 1.30 bits per heavy atom. The third-order valence-electron chi connectivity index (χ3n) is 4.03. The largest absolute Gasteiger partial charge is 0.356 e. The molecule has 110 valence electrons. The van der Waals surface area contributed by atoms with Crippen molar-refractivity contribution in [3.63, 3.8) is 0 Å². The smallest absolute Gasteiger partial charge is 0.128 e. The Morgan fingerprint density at radius 3 is 2.75 bits per heavy atom. The topological polar surface area (TPSA) is 28.2 Å². The molecule has 2 aliphatic carbocycles. The van der Waals surface area contributed by atoms with Crippen LogP contribution in [-0.4, -0.2) is 24.1 Å². The van der Waals surface area contributed by atoms with Gasteiger partial charge in [0.25, 0.3) is 0 Å². The van der Waals surface area contributed by atoms with Crippen LogP contribution in [0, 0.1) is 5.92 Å². The molecule has 20 heavy (non-hydrogen) atoms. The summed E-state index contributed by atoms with van der Waals surface area (Å²) in [4.78, 5) is 7.23. The molecule has 0 aliphatic heterocycles. The lowest BCUT2D eigenvalue weighted by Gasteiger charge is -2.24. The van der Waals surface area contributed by atoms with Crippen molar-refractivity contribution < 1.29 is 0 Å². The summed E-state index contributed by atoms with van der Waals surface area (Å²) < 4.78 is 0. The molecule has 1 N–H and O–H groups in total. The second-order valence-electron chi connectivity index (χ2n) is 6.14. The predicted octanol–water partition coefficient (Wildman–Crippen LogP) is 3.61. The third-order valence-corrected chi connectivity index (χ3v) is 4.38. The molecule has 2 fully saturated rings. The van der Waals surface area contributed by atoms with Crippen LogP contribution in [0.4, 0.5) is 5.82 Å². The van der Waals surface area contributed by atoms with Crippen LogP contribution in [0.3, 0.4) is 0 Å². The molecule has 1 aromatic heterocycles. The van der Waals surface area contributed by atoms with E-state index in [1.165, 1.54) is 25.7 Å². The van der Waals surface area contributed by atoms with Gasteiger partial charge < -0.3 is 10.2 Å². The third kappa shape index (κ3) is 3.86. The zero-order valence-corrected chi connectivity index (χ0v) is 13.0. The van der Waals surface area contributed by atoms with Crippen LogP contribution in [0.2, 0.25) is 5.02 Å². The first-order chi connectivity index (χ1) is 9.76. The van der Waals surface area contributed by atoms with Crippen LogP contribution in [0.15, 0.2) is 12.1 Å². The second-order valence-corrected chi connectivity index (χ2v) is 6.55. The van der Waals surface area contributed by atoms with Gasteiger partial charge in [-0.1, -0.05) is 18.5 Å². The number of pyridine rings is 1. The summed E-state index contributed by atoms with van der Waals surface area (Å²) in [7, 11) is 0. The number of nitrogens with zero attached hydrogens (tertiary/aromatic N) is 2. The van der Waals surface area contributed by atoms with Crippen molar-refractivity contribution in [2.45, 2.75) is 51.6 Å². The van der Waals surface area contributed by atoms with Crippen LogP contribution in [-0.2, 0) is 6.54 Å². The van der Waals surface area contributed by atoms with Crippen LogP contribution < -0.4 is 10.2 Å². The maximum atomic E-state index is 6.28. The number of halogens is 1. The molecule has 4 heteroatoms. The summed E-state index contributed by atoms with van der Waals surface area (Å²) in [6, 6.07) is 4.76. The number of anilines is 1. The number of nitrogens with one attached hydrogen (secondary N) is 1. The first-order valence-electron chi connectivity index (χ1n) is 7.90. The Kier molecular flexibility index (Phi) is 4.47. The summed E-state index contributed by atoms with van der Waals surface area (Å²) in [6.45, 7) is 5.25. The average molecular weight is 294 g/mol. The molecule has 0 bridgehead atoms. The van der Waals surface area contributed by atoms with Crippen molar-refractivity contribution in [2.75, 3.05) is 18.0 Å². The highest BCUT2D eigenvalue weighted by atomic mass is 35.5. The quantitative estimate of drug-likeness (QED) is 0.793. The fourth-order valence-electron chi connectivity index (χ4n) is 2.48. The highest BCUT2D eigenvalue weighted by Gasteiger charge is 2.25. The second kappa shape index (κ2) is 6.31. The fraction of sp³-hybridized carbons (Fsp3) is 0.688. The maximum absolute atomic E-state index is 6.28. The Bertz CT molecular complexity index is 455. The van der Waals surface area contributed by atoms with E-state index in [4.69, 9.17) is 16.6 Å². The van der Waals surface area contributed by atoms with Crippen LogP contribution >= 0.6 is 11.6 Å². The van der Waals surface area contributed by atoms with E-state index in [1.54, 1.807) is 0 Å². The van der Waals surface area contributed by atoms with Crippen LogP contribution in [0.1, 0.15) is 44.7 Å². The molecule has 0 amide bonds. The summed E-state index contributed by atoms with van der Waals surface area (Å²) >= 11 is 6.28. The van der Waals surface area contributed by atoms with E-state index in [-0.39, 0.29) is 0 Å². The molecule has 0 spiro atoms. The lowest BCUT2D eigenvalue weighted by molar-refractivity contribution is 0.665. The van der Waals surface area contributed by atoms with Gasteiger partial charge in [0.05, 0.1) is 10.7 Å². The summed E-state index contributed by atoms with van der Waals surface area (Å²) in [5.74, 6) is 1.97. The standard InChI is InChI=1S/C16H24ClN3/c1-2-9-20(11-12-3-4-12)16-8-7-14(17)15(19-16)10-18-13-5-6-13/h7-8,12-13,18H,2-6,9-11H2,1H3. The zero-order valence-electron chi connectivity index (χ0n) is 12.2. The normalized spacial score (nSPS) is 18.3. The van der Waals surface area contributed by atoms with Gasteiger partial charge in [0.1, 0.15) is 5.82 Å². The Balaban J connectivity index is 1.70. The molecule has 0 radical (unpaired) electrons. The number of aromatic nitrogens is 1. The van der Waals surface area contributed by atoms with Crippen molar-refractivity contribution in [3.8, 4) is 0 Å². The molecule has 0 unspecified atom stereocenters. The lowest BCUT2D eigenvalue weighted by atomic mass is 10.3. The van der Waals surface area contributed by atoms with E-state index in [0.717, 1.165) is 48.5 Å². The van der Waals surface area contributed by atoms with Crippen molar-refractivity contribution in [3.05, 3.63) is 22.8 Å². The molecule has 1 aromatic rings. The minimum Gasteiger partial charge on any atom is -0.356 e. The van der Waals surface area contributed by atoms with Crippen molar-refractivity contribution in [1.29, 1.82) is 0 Å². The molecule has 3 nitrogen and oxygen atoms in total. The maximum Gasteiger partial charge on any atom is 0.128 e. The zero-order chi connectivity index (χ0) is 13.9. The van der Waals surface area contributed by atoms with Gasteiger partial charge in [-0.25, -0.2) is 4.98 Å². The van der Waals surface area contributed by atoms with E-state index in [2.05, 4.69) is 23.2 Å². The molecule has 0 aromatic carbocycles. The van der Waals surface area contributed by atoms with Crippen molar-refractivity contribution in [1.82, 2.24) is 10.3 Å². The number of hydrogen-bond donors (Lipinski definition) is 1. The Hall–Kier alpha value is -0.800. The van der Waals surface area contributed by atoms with Gasteiger partial charge in [-0.05, 0) is 50.2 Å². The van der Waals surface area contributed by atoms with E-state index < -0.39 is 0 Å². The molecule has 0 saturated heterocycles. The molecule has 3 rings (SSSR count). The Labute approximate surface area is 126 Å². The van der Waals surface area contributed by atoms with Gasteiger partial charge in [-0.2, -0.15) is 0 Å². The highest BCUT2D eigenvalue weighted by molar-refractivity contribution is 6.31. The number of rotatable bonds is 8. The molecule has 2 saturated carbocycles. The summed E-state index contributed by atoms with van der Waals surface area (Å²) in [5.41, 5.74) is 0.993. The summed E-state index contributed by atoms with van der Waals surface area (Å²) in [6.07, 6.45) is 6.50. The van der Waals surface area contributed by atoms with E-state index >= 15 is 0 Å². The SMILES string of the molecule is CCCN(CC1CC1)c1ccc(Cl)c(CNC2CC2)n1. The van der Waals surface area contributed by atoms with Gasteiger partial charge in [-0.15, -0.1) is 0 Å². The van der Waals surface area contributed by atoms with E-state index in [0.29, 0.717) is 6.04 Å². The highest BCUT2D eigenvalue weighted by Crippen LogP contribution is 2.31. The van der Waals surface area contributed by atoms with E-state index in [9.17, 15) is 0 Å². The van der Waals surface area contributed by atoms with Gasteiger partial charge in [-0.3, -0.25) is 0 Å². The van der Waals surface area contributed by atoms with Crippen LogP contribution in [0.25, 0.3) is 0 Å². The van der Waals surface area contributed by atoms with Crippen LogP contribution in [0.5, 0.6) is 0 Å². The molecule has 1 heterocycles. The fourth-order valence-corrected chi connectivity index (χ4v) is 2.65. The van der Waals surface area contributed by atoms with Crippen molar-refractivity contribution in [2.24, 2.45) is 5.92 Å². The van der Waals surface area contributed by atoms with E-state index in [1.807, 2.05) is 6.07 Å². The van der Waals surface area contributed by atoms with Gasteiger partial charge in [0, 0.05) is 25.7 Å². The van der Waals surface area contributed by atoms with Gasteiger partial charge >= 0.3 is 0 Å². The van der Waals surface area contributed by atoms with Gasteiger partial charge in [0.2, 0.25) is 0 Å². The first-order valence-corrected chi connectivity index (χ1v) is 8.28. The predicted molar refractivity (Wildman–Crippen MR) is 84.3 cm³/mol. The minimum atomic E-state index is 0.690. The summed E-state index contributed by atoms with van der Waals surface area (Å²) in [5, 5.41) is 4.28. The molecule has 0 atom stereocenters. The van der Waals surface area contributed by atoms with Crippen molar-refractivity contribution >= 4 is 17.4 Å². The first kappa shape index (κ1) is 14.2. The molecular weight excluding hydrogens is 270 g/mol. The lowest BCUT2D eigenvalue weighted by Crippen LogP contribution is -2.28.